The number of methoxy groups -OCH3 is 1. The quantitative estimate of drug-likeness (QED) is 0.532. The number of carbonyl (C=O) groups is 2. The van der Waals surface area contributed by atoms with Crippen LogP contribution in [0.5, 0.6) is 11.5 Å². The maximum atomic E-state index is 13.1. The molecular weight excluding hydrogens is 438 g/mol. The maximum absolute atomic E-state index is 13.1. The highest BCUT2D eigenvalue weighted by molar-refractivity contribution is 7.12. The number of hydrazone groups is 1. The highest BCUT2D eigenvalue weighted by atomic mass is 32.1. The number of hydrogen-bond acceptors (Lipinski definition) is 6. The summed E-state index contributed by atoms with van der Waals surface area (Å²) < 4.78 is 11.0. The number of ether oxygens (including phenoxy) is 2. The predicted octanol–water partition coefficient (Wildman–Crippen LogP) is 5.05. The van der Waals surface area contributed by atoms with E-state index in [1.54, 1.807) is 37.4 Å². The average Bonchev–Trinajstić information content (AvgIpc) is 3.40. The molecule has 0 saturated carbocycles. The van der Waals surface area contributed by atoms with Crippen molar-refractivity contribution in [3.05, 3.63) is 76.0 Å². The van der Waals surface area contributed by atoms with E-state index in [-0.39, 0.29) is 11.8 Å². The van der Waals surface area contributed by atoms with Crippen molar-refractivity contribution < 1.29 is 19.1 Å². The monoisotopic (exact) mass is 463 g/mol. The van der Waals surface area contributed by atoms with Gasteiger partial charge in [-0.15, -0.1) is 11.3 Å². The molecule has 0 unspecified atom stereocenters. The fourth-order valence-electron chi connectivity index (χ4n) is 3.56. The molecule has 0 spiro atoms. The van der Waals surface area contributed by atoms with E-state index >= 15 is 0 Å². The van der Waals surface area contributed by atoms with Crippen molar-refractivity contribution in [1.29, 1.82) is 0 Å². The highest BCUT2D eigenvalue weighted by Crippen LogP contribution is 2.29. The van der Waals surface area contributed by atoms with Crippen molar-refractivity contribution >= 4 is 34.6 Å². The summed E-state index contributed by atoms with van der Waals surface area (Å²) in [5.74, 6) is 0.974. The standard InChI is InChI=1S/C25H25N3O4S/c1-3-32-22-16-18(10-13-21(22)31-2)20-6-4-14-28(27-20)25(30)17-8-11-19(12-9-17)26-24(29)23-7-5-15-33-23/h5,7-13,15-16H,3-4,6,14H2,1-2H3,(H,26,29). The average molecular weight is 464 g/mol. The number of benzene rings is 2. The Morgan fingerprint density at radius 1 is 1.12 bits per heavy atom. The van der Waals surface area contributed by atoms with Crippen LogP contribution in [0.25, 0.3) is 0 Å². The lowest BCUT2D eigenvalue weighted by Gasteiger charge is -2.24. The fourth-order valence-corrected chi connectivity index (χ4v) is 4.18. The minimum atomic E-state index is -0.179. The molecule has 1 aliphatic rings. The van der Waals surface area contributed by atoms with Crippen LogP contribution in [0.2, 0.25) is 0 Å². The molecule has 0 atom stereocenters. The van der Waals surface area contributed by atoms with Gasteiger partial charge in [-0.25, -0.2) is 5.01 Å². The number of nitrogens with one attached hydrogen (secondary N) is 1. The van der Waals surface area contributed by atoms with Crippen LogP contribution in [0.3, 0.4) is 0 Å². The van der Waals surface area contributed by atoms with Crippen LogP contribution >= 0.6 is 11.3 Å². The summed E-state index contributed by atoms with van der Waals surface area (Å²) in [7, 11) is 1.61. The highest BCUT2D eigenvalue weighted by Gasteiger charge is 2.21. The van der Waals surface area contributed by atoms with Gasteiger partial charge < -0.3 is 14.8 Å². The van der Waals surface area contributed by atoms with Gasteiger partial charge in [0, 0.05) is 23.4 Å². The number of amides is 2. The summed E-state index contributed by atoms with van der Waals surface area (Å²) in [6, 6.07) is 16.2. The van der Waals surface area contributed by atoms with Crippen LogP contribution in [0, 0.1) is 0 Å². The summed E-state index contributed by atoms with van der Waals surface area (Å²) in [6.45, 7) is 3.00. The van der Waals surface area contributed by atoms with Gasteiger partial charge in [0.25, 0.3) is 11.8 Å². The third kappa shape index (κ3) is 5.23. The third-order valence-electron chi connectivity index (χ3n) is 5.19. The number of nitrogens with zero attached hydrogens (tertiary/aromatic N) is 2. The van der Waals surface area contributed by atoms with Crippen LogP contribution in [-0.2, 0) is 0 Å². The van der Waals surface area contributed by atoms with E-state index in [0.29, 0.717) is 40.8 Å². The lowest BCUT2D eigenvalue weighted by Crippen LogP contribution is -2.32. The van der Waals surface area contributed by atoms with Crippen molar-refractivity contribution in [3.63, 3.8) is 0 Å². The first-order chi connectivity index (χ1) is 16.1. The Bertz CT molecular complexity index is 1160. The SMILES string of the molecule is CCOc1cc(C2=NN(C(=O)c3ccc(NC(=O)c4cccs4)cc3)CCC2)ccc1OC. The molecule has 2 heterocycles. The van der Waals surface area contributed by atoms with Gasteiger partial charge in [-0.3, -0.25) is 9.59 Å². The van der Waals surface area contributed by atoms with Gasteiger partial charge in [0.05, 0.1) is 24.3 Å². The first kappa shape index (κ1) is 22.5. The smallest absolute Gasteiger partial charge is 0.273 e. The van der Waals surface area contributed by atoms with Crippen molar-refractivity contribution in [2.75, 3.05) is 25.6 Å². The molecule has 3 aromatic rings. The third-order valence-corrected chi connectivity index (χ3v) is 6.06. The van der Waals surface area contributed by atoms with Gasteiger partial charge in [-0.1, -0.05) is 6.07 Å². The Balaban J connectivity index is 1.48. The molecule has 8 heteroatoms. The second kappa shape index (κ2) is 10.3. The summed E-state index contributed by atoms with van der Waals surface area (Å²) in [4.78, 5) is 25.9. The summed E-state index contributed by atoms with van der Waals surface area (Å²) >= 11 is 1.38. The van der Waals surface area contributed by atoms with Crippen molar-refractivity contribution in [1.82, 2.24) is 5.01 Å². The summed E-state index contributed by atoms with van der Waals surface area (Å²) in [5, 5.41) is 10.8. The number of carbonyl (C=O) groups excluding carboxylic acids is 2. The number of anilines is 1. The minimum absolute atomic E-state index is 0.166. The Labute approximate surface area is 196 Å². The van der Waals surface area contributed by atoms with Crippen LogP contribution < -0.4 is 14.8 Å². The van der Waals surface area contributed by atoms with E-state index in [2.05, 4.69) is 10.4 Å². The first-order valence-electron chi connectivity index (χ1n) is 10.7. The van der Waals surface area contributed by atoms with E-state index in [9.17, 15) is 9.59 Å². The van der Waals surface area contributed by atoms with Crippen molar-refractivity contribution in [2.45, 2.75) is 19.8 Å². The molecule has 2 amide bonds. The molecule has 2 aromatic carbocycles. The molecule has 4 rings (SSSR count). The first-order valence-corrected chi connectivity index (χ1v) is 11.6. The van der Waals surface area contributed by atoms with Gasteiger partial charge in [-0.2, -0.15) is 5.10 Å². The van der Waals surface area contributed by atoms with E-state index in [1.807, 2.05) is 36.6 Å². The fraction of sp³-hybridized carbons (Fsp3) is 0.240. The topological polar surface area (TPSA) is 80.2 Å². The van der Waals surface area contributed by atoms with E-state index in [1.165, 1.54) is 16.3 Å². The molecule has 33 heavy (non-hydrogen) atoms. The second-order valence-electron chi connectivity index (χ2n) is 7.39. The van der Waals surface area contributed by atoms with E-state index < -0.39 is 0 Å². The number of thiophene rings is 1. The minimum Gasteiger partial charge on any atom is -0.493 e. The Hall–Kier alpha value is -3.65. The Morgan fingerprint density at radius 3 is 2.64 bits per heavy atom. The zero-order valence-corrected chi connectivity index (χ0v) is 19.4. The molecule has 0 bridgehead atoms. The number of hydrogen-bond donors (Lipinski definition) is 1. The van der Waals surface area contributed by atoms with Gasteiger partial charge in [-0.05, 0) is 73.7 Å². The molecule has 0 saturated heterocycles. The molecular formula is C25H25N3O4S. The number of rotatable bonds is 7. The molecule has 1 aliphatic heterocycles. The van der Waals surface area contributed by atoms with Crippen LogP contribution in [0.4, 0.5) is 5.69 Å². The molecule has 0 radical (unpaired) electrons. The van der Waals surface area contributed by atoms with E-state index in [4.69, 9.17) is 9.47 Å². The molecule has 7 nitrogen and oxygen atoms in total. The second-order valence-corrected chi connectivity index (χ2v) is 8.33. The van der Waals surface area contributed by atoms with Crippen LogP contribution in [-0.4, -0.2) is 42.8 Å². The maximum Gasteiger partial charge on any atom is 0.273 e. The zero-order valence-electron chi connectivity index (χ0n) is 18.5. The largest absolute Gasteiger partial charge is 0.493 e. The van der Waals surface area contributed by atoms with Gasteiger partial charge in [0.2, 0.25) is 0 Å². The molecule has 170 valence electrons. The Kier molecular flexibility index (Phi) is 7.04. The predicted molar refractivity (Wildman–Crippen MR) is 130 cm³/mol. The van der Waals surface area contributed by atoms with Crippen molar-refractivity contribution in [2.24, 2.45) is 5.10 Å². The zero-order chi connectivity index (χ0) is 23.2. The molecule has 0 aliphatic carbocycles. The summed E-state index contributed by atoms with van der Waals surface area (Å²) in [6.07, 6.45) is 1.59. The van der Waals surface area contributed by atoms with Gasteiger partial charge in [0.15, 0.2) is 11.5 Å². The lowest BCUT2D eigenvalue weighted by molar-refractivity contribution is 0.0751. The molecule has 1 N–H and O–H groups in total. The van der Waals surface area contributed by atoms with Gasteiger partial charge in [0.1, 0.15) is 0 Å². The van der Waals surface area contributed by atoms with Gasteiger partial charge >= 0.3 is 0 Å². The molecule has 0 fully saturated rings. The normalized spacial score (nSPS) is 13.3. The molecule has 1 aromatic heterocycles. The van der Waals surface area contributed by atoms with Crippen LogP contribution in [0.15, 0.2) is 65.1 Å². The summed E-state index contributed by atoms with van der Waals surface area (Å²) in [5.41, 5.74) is 2.88. The Morgan fingerprint density at radius 2 is 1.94 bits per heavy atom. The van der Waals surface area contributed by atoms with Crippen LogP contribution in [0.1, 0.15) is 45.4 Å². The van der Waals surface area contributed by atoms with E-state index in [0.717, 1.165) is 24.1 Å². The lowest BCUT2D eigenvalue weighted by atomic mass is 10.0. The van der Waals surface area contributed by atoms with Crippen molar-refractivity contribution in [3.8, 4) is 11.5 Å².